The van der Waals surface area contributed by atoms with Crippen molar-refractivity contribution in [3.8, 4) is 22.5 Å². The molecule has 21 heavy (non-hydrogen) atoms. The van der Waals surface area contributed by atoms with Crippen LogP contribution in [0.3, 0.4) is 0 Å². The summed E-state index contributed by atoms with van der Waals surface area (Å²) in [7, 11) is 0. The van der Waals surface area contributed by atoms with E-state index >= 15 is 0 Å². The molecule has 0 amide bonds. The van der Waals surface area contributed by atoms with Gasteiger partial charge in [0, 0.05) is 21.0 Å². The van der Waals surface area contributed by atoms with Gasteiger partial charge < -0.3 is 0 Å². The monoisotopic (exact) mass is 311 g/mol. The smallest absolute Gasteiger partial charge is 0.0721 e. The second-order valence-electron chi connectivity index (χ2n) is 4.65. The molecule has 0 aliphatic heterocycles. The summed E-state index contributed by atoms with van der Waals surface area (Å²) >= 11 is 7.81. The molecular weight excluding hydrogens is 298 g/mol. The lowest BCUT2D eigenvalue weighted by molar-refractivity contribution is 1.27. The molecule has 0 aliphatic rings. The molecule has 0 radical (unpaired) electrons. The van der Waals surface area contributed by atoms with Crippen molar-refractivity contribution in [3.05, 3.63) is 71.8 Å². The number of pyridine rings is 1. The number of aromatic nitrogens is 1. The lowest BCUT2D eigenvalue weighted by atomic mass is 10.1. The Morgan fingerprint density at radius 3 is 2.14 bits per heavy atom. The second kappa shape index (κ2) is 6.33. The van der Waals surface area contributed by atoms with E-state index < -0.39 is 0 Å². The van der Waals surface area contributed by atoms with E-state index in [1.165, 1.54) is 4.90 Å². The molecule has 0 saturated carbocycles. The van der Waals surface area contributed by atoms with E-state index in [0.717, 1.165) is 27.5 Å². The molecule has 0 atom stereocenters. The lowest BCUT2D eigenvalue weighted by Crippen LogP contribution is -1.89. The summed E-state index contributed by atoms with van der Waals surface area (Å²) in [5.41, 5.74) is 4.09. The predicted octanol–water partition coefficient (Wildman–Crippen LogP) is 5.79. The molecule has 3 rings (SSSR count). The van der Waals surface area contributed by atoms with Gasteiger partial charge in [-0.25, -0.2) is 4.98 Å². The average molecular weight is 312 g/mol. The van der Waals surface area contributed by atoms with Gasteiger partial charge >= 0.3 is 0 Å². The Hall–Kier alpha value is -1.77. The van der Waals surface area contributed by atoms with Crippen LogP contribution in [0.1, 0.15) is 0 Å². The third kappa shape index (κ3) is 3.29. The molecule has 0 aliphatic carbocycles. The van der Waals surface area contributed by atoms with Crippen LogP contribution in [-0.4, -0.2) is 11.2 Å². The van der Waals surface area contributed by atoms with E-state index in [1.54, 1.807) is 11.8 Å². The van der Waals surface area contributed by atoms with E-state index in [2.05, 4.69) is 30.5 Å². The minimum Gasteiger partial charge on any atom is -0.248 e. The molecule has 0 bridgehead atoms. The van der Waals surface area contributed by atoms with Crippen molar-refractivity contribution in [1.82, 2.24) is 4.98 Å². The van der Waals surface area contributed by atoms with Crippen molar-refractivity contribution in [2.24, 2.45) is 0 Å². The van der Waals surface area contributed by atoms with Crippen molar-refractivity contribution < 1.29 is 0 Å². The summed E-state index contributed by atoms with van der Waals surface area (Å²) < 4.78 is 0. The maximum absolute atomic E-state index is 6.09. The Balaban J connectivity index is 2.14. The van der Waals surface area contributed by atoms with Gasteiger partial charge in [-0.3, -0.25) is 0 Å². The maximum atomic E-state index is 6.09. The van der Waals surface area contributed by atoms with Crippen LogP contribution < -0.4 is 0 Å². The van der Waals surface area contributed by atoms with E-state index in [4.69, 9.17) is 16.6 Å². The van der Waals surface area contributed by atoms with Gasteiger partial charge in [-0.15, -0.1) is 11.8 Å². The maximum Gasteiger partial charge on any atom is 0.0721 e. The molecule has 0 N–H and O–H groups in total. The summed E-state index contributed by atoms with van der Waals surface area (Å²) in [5.74, 6) is 0. The van der Waals surface area contributed by atoms with E-state index in [9.17, 15) is 0 Å². The number of halogens is 1. The van der Waals surface area contributed by atoms with Crippen molar-refractivity contribution in [2.45, 2.75) is 4.90 Å². The van der Waals surface area contributed by atoms with Crippen molar-refractivity contribution in [2.75, 3.05) is 6.26 Å². The van der Waals surface area contributed by atoms with Gasteiger partial charge in [0.1, 0.15) is 0 Å². The Morgan fingerprint density at radius 1 is 0.810 bits per heavy atom. The molecule has 3 aromatic rings. The molecule has 104 valence electrons. The molecule has 0 spiro atoms. The minimum atomic E-state index is 0.727. The van der Waals surface area contributed by atoms with E-state index in [0.29, 0.717) is 0 Å². The van der Waals surface area contributed by atoms with Crippen LogP contribution in [0.5, 0.6) is 0 Å². The molecule has 3 heteroatoms. The molecular formula is C18H14ClNS. The summed E-state index contributed by atoms with van der Waals surface area (Å²) in [6, 6.07) is 22.3. The highest BCUT2D eigenvalue weighted by atomic mass is 35.5. The molecule has 1 nitrogen and oxygen atoms in total. The molecule has 0 saturated heterocycles. The first kappa shape index (κ1) is 14.2. The predicted molar refractivity (Wildman–Crippen MR) is 91.9 cm³/mol. The van der Waals surface area contributed by atoms with Gasteiger partial charge in [-0.1, -0.05) is 54.1 Å². The zero-order valence-corrected chi connectivity index (χ0v) is 13.2. The summed E-state index contributed by atoms with van der Waals surface area (Å²) in [5, 5.41) is 0.727. The zero-order chi connectivity index (χ0) is 14.7. The number of nitrogens with zero attached hydrogens (tertiary/aromatic N) is 1. The number of benzene rings is 2. The van der Waals surface area contributed by atoms with Crippen LogP contribution in [-0.2, 0) is 0 Å². The Bertz CT molecular complexity index is 756. The van der Waals surface area contributed by atoms with Crippen LogP contribution in [0, 0.1) is 0 Å². The molecule has 0 fully saturated rings. The van der Waals surface area contributed by atoms with Crippen molar-refractivity contribution in [1.29, 1.82) is 0 Å². The number of hydrogen-bond donors (Lipinski definition) is 0. The molecule has 0 unspecified atom stereocenters. The van der Waals surface area contributed by atoms with Gasteiger partial charge in [0.2, 0.25) is 0 Å². The summed E-state index contributed by atoms with van der Waals surface area (Å²) in [6.45, 7) is 0. The van der Waals surface area contributed by atoms with Crippen LogP contribution in [0.4, 0.5) is 0 Å². The normalized spacial score (nSPS) is 10.6. The number of hydrogen-bond acceptors (Lipinski definition) is 2. The van der Waals surface area contributed by atoms with Crippen LogP contribution in [0.15, 0.2) is 71.6 Å². The highest BCUT2D eigenvalue weighted by molar-refractivity contribution is 7.98. The standard InChI is InChI=1S/C18H14ClNS/c1-21-16-11-17(13-6-3-2-4-7-13)20-18(12-16)14-8-5-9-15(19)10-14/h2-12H,1H3. The fourth-order valence-electron chi connectivity index (χ4n) is 2.18. The SMILES string of the molecule is CSc1cc(-c2ccccc2)nc(-c2cccc(Cl)c2)c1. The van der Waals surface area contributed by atoms with Gasteiger partial charge in [0.15, 0.2) is 0 Å². The molecule has 2 aromatic carbocycles. The van der Waals surface area contributed by atoms with Gasteiger partial charge in [0.05, 0.1) is 11.4 Å². The van der Waals surface area contributed by atoms with E-state index in [-0.39, 0.29) is 0 Å². The first-order valence-electron chi connectivity index (χ1n) is 6.64. The third-order valence-electron chi connectivity index (χ3n) is 3.22. The second-order valence-corrected chi connectivity index (χ2v) is 5.97. The average Bonchev–Trinajstić information content (AvgIpc) is 2.55. The van der Waals surface area contributed by atoms with Crippen LogP contribution in [0.2, 0.25) is 5.02 Å². The Morgan fingerprint density at radius 2 is 1.48 bits per heavy atom. The fourth-order valence-corrected chi connectivity index (χ4v) is 2.83. The number of thioether (sulfide) groups is 1. The highest BCUT2D eigenvalue weighted by Crippen LogP contribution is 2.29. The molecule has 1 aromatic heterocycles. The largest absolute Gasteiger partial charge is 0.248 e. The van der Waals surface area contributed by atoms with Crippen molar-refractivity contribution >= 4 is 23.4 Å². The van der Waals surface area contributed by atoms with Crippen molar-refractivity contribution in [3.63, 3.8) is 0 Å². The lowest BCUT2D eigenvalue weighted by Gasteiger charge is -2.08. The Kier molecular flexibility index (Phi) is 4.28. The minimum absolute atomic E-state index is 0.727. The highest BCUT2D eigenvalue weighted by Gasteiger charge is 2.07. The topological polar surface area (TPSA) is 12.9 Å². The first-order valence-corrected chi connectivity index (χ1v) is 8.24. The Labute approximate surface area is 134 Å². The van der Waals surface area contributed by atoms with Crippen LogP contribution in [0.25, 0.3) is 22.5 Å². The summed E-state index contributed by atoms with van der Waals surface area (Å²) in [4.78, 5) is 5.98. The van der Waals surface area contributed by atoms with Crippen LogP contribution >= 0.6 is 23.4 Å². The number of rotatable bonds is 3. The quantitative estimate of drug-likeness (QED) is 0.568. The molecule has 1 heterocycles. The first-order chi connectivity index (χ1) is 10.3. The third-order valence-corrected chi connectivity index (χ3v) is 4.17. The van der Waals surface area contributed by atoms with Gasteiger partial charge in [0.25, 0.3) is 0 Å². The fraction of sp³-hybridized carbons (Fsp3) is 0.0556. The zero-order valence-electron chi connectivity index (χ0n) is 11.6. The summed E-state index contributed by atoms with van der Waals surface area (Å²) in [6.07, 6.45) is 2.08. The van der Waals surface area contributed by atoms with Gasteiger partial charge in [-0.2, -0.15) is 0 Å². The van der Waals surface area contributed by atoms with Gasteiger partial charge in [-0.05, 0) is 30.5 Å². The van der Waals surface area contributed by atoms with E-state index in [1.807, 2.05) is 42.5 Å².